The first-order valence-corrected chi connectivity index (χ1v) is 6.92. The fourth-order valence-electron chi connectivity index (χ4n) is 1.95. The van der Waals surface area contributed by atoms with Gasteiger partial charge in [-0.2, -0.15) is 0 Å². The molecule has 0 saturated carbocycles. The summed E-state index contributed by atoms with van der Waals surface area (Å²) in [6.07, 6.45) is 0.597. The maximum absolute atomic E-state index is 11.0. The molecule has 2 rings (SSSR count). The molecule has 98 valence electrons. The highest BCUT2D eigenvalue weighted by atomic mass is 79.9. The maximum atomic E-state index is 11.0. The molecule has 4 heteroatoms. The fraction of sp³-hybridized carbons (Fsp3) is 0.200. The quantitative estimate of drug-likeness (QED) is 0.470. The monoisotopic (exact) mass is 319 g/mol. The van der Waals surface area contributed by atoms with Gasteiger partial charge in [-0.1, -0.05) is 64.0 Å². The third-order valence-electron chi connectivity index (χ3n) is 3.03. The summed E-state index contributed by atoms with van der Waals surface area (Å²) in [7, 11) is 0. The molecule has 0 amide bonds. The third kappa shape index (κ3) is 3.41. The molecule has 0 N–H and O–H groups in total. The maximum Gasteiger partial charge on any atom is 0.272 e. The molecule has 0 aliphatic heterocycles. The van der Waals surface area contributed by atoms with E-state index in [1.165, 1.54) is 5.56 Å². The van der Waals surface area contributed by atoms with Crippen molar-refractivity contribution < 1.29 is 4.92 Å². The van der Waals surface area contributed by atoms with Crippen molar-refractivity contribution >= 4 is 21.6 Å². The minimum atomic E-state index is -0.329. The molecule has 3 nitrogen and oxygen atoms in total. The molecule has 0 spiro atoms. The Morgan fingerprint density at radius 1 is 1.16 bits per heavy atom. The average molecular weight is 320 g/mol. The number of nitro benzene ring substituents is 1. The van der Waals surface area contributed by atoms with Crippen LogP contribution in [0.1, 0.15) is 21.5 Å². The second kappa shape index (κ2) is 5.97. The van der Waals surface area contributed by atoms with E-state index in [-0.39, 0.29) is 15.4 Å². The van der Waals surface area contributed by atoms with E-state index in [1.807, 2.05) is 37.3 Å². The van der Waals surface area contributed by atoms with Gasteiger partial charge in [-0.05, 0) is 18.9 Å². The van der Waals surface area contributed by atoms with E-state index in [1.54, 1.807) is 18.2 Å². The fourth-order valence-corrected chi connectivity index (χ4v) is 2.60. The smallest absolute Gasteiger partial charge is 0.258 e. The standard InChI is InChI=1S/C15H14BrNO2/c1-11-6-8-12(9-7-11)14(16)10-13-4-2-3-5-15(13)17(18)19/h2-9,14H,10H2,1H3. The Kier molecular flexibility index (Phi) is 4.32. The summed E-state index contributed by atoms with van der Waals surface area (Å²) in [5.74, 6) is 0. The number of halogens is 1. The Labute approximate surface area is 120 Å². The number of rotatable bonds is 4. The van der Waals surface area contributed by atoms with Crippen molar-refractivity contribution in [2.24, 2.45) is 0 Å². The Morgan fingerprint density at radius 3 is 2.42 bits per heavy atom. The van der Waals surface area contributed by atoms with Crippen LogP contribution in [-0.2, 0) is 6.42 Å². The van der Waals surface area contributed by atoms with Crippen LogP contribution in [0.5, 0.6) is 0 Å². The van der Waals surface area contributed by atoms with Crippen molar-refractivity contribution in [2.75, 3.05) is 0 Å². The summed E-state index contributed by atoms with van der Waals surface area (Å²) < 4.78 is 0. The van der Waals surface area contributed by atoms with E-state index in [0.29, 0.717) is 6.42 Å². The van der Waals surface area contributed by atoms with Gasteiger partial charge in [0.05, 0.1) is 4.92 Å². The van der Waals surface area contributed by atoms with E-state index in [2.05, 4.69) is 15.9 Å². The first-order chi connectivity index (χ1) is 9.08. The number of alkyl halides is 1. The molecule has 0 aliphatic rings. The van der Waals surface area contributed by atoms with E-state index < -0.39 is 0 Å². The normalized spacial score (nSPS) is 12.1. The Hall–Kier alpha value is -1.68. The van der Waals surface area contributed by atoms with Crippen LogP contribution in [0.15, 0.2) is 48.5 Å². The van der Waals surface area contributed by atoms with Crippen LogP contribution in [-0.4, -0.2) is 4.92 Å². The number of hydrogen-bond donors (Lipinski definition) is 0. The summed E-state index contributed by atoms with van der Waals surface area (Å²) in [5.41, 5.74) is 3.26. The van der Waals surface area contributed by atoms with Crippen molar-refractivity contribution in [2.45, 2.75) is 18.2 Å². The lowest BCUT2D eigenvalue weighted by Crippen LogP contribution is -2.00. The minimum Gasteiger partial charge on any atom is -0.258 e. The zero-order chi connectivity index (χ0) is 13.8. The number of hydrogen-bond acceptors (Lipinski definition) is 2. The second-order valence-corrected chi connectivity index (χ2v) is 5.57. The zero-order valence-electron chi connectivity index (χ0n) is 10.5. The summed E-state index contributed by atoms with van der Waals surface area (Å²) in [6.45, 7) is 2.04. The van der Waals surface area contributed by atoms with Gasteiger partial charge in [0.15, 0.2) is 0 Å². The van der Waals surface area contributed by atoms with Crippen LogP contribution >= 0.6 is 15.9 Å². The highest BCUT2D eigenvalue weighted by molar-refractivity contribution is 9.09. The SMILES string of the molecule is Cc1ccc(C(Br)Cc2ccccc2[N+](=O)[O-])cc1. The van der Waals surface area contributed by atoms with E-state index in [9.17, 15) is 10.1 Å². The molecule has 0 radical (unpaired) electrons. The van der Waals surface area contributed by atoms with Crippen molar-refractivity contribution in [1.82, 2.24) is 0 Å². The van der Waals surface area contributed by atoms with Crippen molar-refractivity contribution in [1.29, 1.82) is 0 Å². The van der Waals surface area contributed by atoms with Crippen LogP contribution < -0.4 is 0 Å². The summed E-state index contributed by atoms with van der Waals surface area (Å²) in [5, 5.41) is 11.0. The van der Waals surface area contributed by atoms with Crippen LogP contribution in [0.4, 0.5) is 5.69 Å². The first kappa shape index (κ1) is 13.7. The highest BCUT2D eigenvalue weighted by Gasteiger charge is 2.16. The molecule has 2 aromatic carbocycles. The number of nitro groups is 1. The zero-order valence-corrected chi connectivity index (χ0v) is 12.1. The van der Waals surface area contributed by atoms with E-state index in [0.717, 1.165) is 11.1 Å². The van der Waals surface area contributed by atoms with Gasteiger partial charge in [-0.25, -0.2) is 0 Å². The Balaban J connectivity index is 2.21. The van der Waals surface area contributed by atoms with Crippen molar-refractivity contribution in [3.8, 4) is 0 Å². The summed E-state index contributed by atoms with van der Waals surface area (Å²) in [4.78, 5) is 10.7. The van der Waals surface area contributed by atoms with Gasteiger partial charge in [-0.3, -0.25) is 10.1 Å². The Morgan fingerprint density at radius 2 is 1.79 bits per heavy atom. The third-order valence-corrected chi connectivity index (χ3v) is 3.88. The van der Waals surface area contributed by atoms with E-state index in [4.69, 9.17) is 0 Å². The average Bonchev–Trinajstić information content (AvgIpc) is 2.39. The van der Waals surface area contributed by atoms with Crippen LogP contribution in [0.25, 0.3) is 0 Å². The molecule has 0 heterocycles. The minimum absolute atomic E-state index is 0.0780. The van der Waals surface area contributed by atoms with Crippen molar-refractivity contribution in [3.05, 3.63) is 75.3 Å². The van der Waals surface area contributed by atoms with Gasteiger partial charge in [0.25, 0.3) is 5.69 Å². The van der Waals surface area contributed by atoms with Gasteiger partial charge >= 0.3 is 0 Å². The molecule has 0 bridgehead atoms. The molecular weight excluding hydrogens is 306 g/mol. The lowest BCUT2D eigenvalue weighted by Gasteiger charge is -2.11. The lowest BCUT2D eigenvalue weighted by molar-refractivity contribution is -0.385. The van der Waals surface area contributed by atoms with Gasteiger partial charge < -0.3 is 0 Å². The molecule has 0 aromatic heterocycles. The first-order valence-electron chi connectivity index (χ1n) is 6.01. The lowest BCUT2D eigenvalue weighted by atomic mass is 10.0. The number of nitrogens with zero attached hydrogens (tertiary/aromatic N) is 1. The molecule has 0 fully saturated rings. The predicted octanol–water partition coefficient (Wildman–Crippen LogP) is 4.58. The summed E-state index contributed by atoms with van der Waals surface area (Å²) >= 11 is 3.61. The number of benzene rings is 2. The molecule has 19 heavy (non-hydrogen) atoms. The summed E-state index contributed by atoms with van der Waals surface area (Å²) in [6, 6.07) is 15.1. The van der Waals surface area contributed by atoms with Gasteiger partial charge in [-0.15, -0.1) is 0 Å². The molecule has 2 aromatic rings. The Bertz CT molecular complexity index is 581. The molecule has 1 unspecified atom stereocenters. The molecular formula is C15H14BrNO2. The van der Waals surface area contributed by atoms with Gasteiger partial charge in [0.1, 0.15) is 0 Å². The van der Waals surface area contributed by atoms with Crippen LogP contribution in [0, 0.1) is 17.0 Å². The molecule has 0 saturated heterocycles. The van der Waals surface area contributed by atoms with Gasteiger partial charge in [0.2, 0.25) is 0 Å². The van der Waals surface area contributed by atoms with Crippen LogP contribution in [0.3, 0.4) is 0 Å². The predicted molar refractivity (Wildman–Crippen MR) is 79.6 cm³/mol. The van der Waals surface area contributed by atoms with E-state index >= 15 is 0 Å². The van der Waals surface area contributed by atoms with Crippen molar-refractivity contribution in [3.63, 3.8) is 0 Å². The highest BCUT2D eigenvalue weighted by Crippen LogP contribution is 2.30. The molecule has 0 aliphatic carbocycles. The molecule has 1 atom stereocenters. The van der Waals surface area contributed by atoms with Crippen LogP contribution in [0.2, 0.25) is 0 Å². The topological polar surface area (TPSA) is 43.1 Å². The second-order valence-electron chi connectivity index (χ2n) is 4.47. The van der Waals surface area contributed by atoms with Gasteiger partial charge in [0, 0.05) is 16.5 Å². The number of aryl methyl sites for hydroxylation is 1. The largest absolute Gasteiger partial charge is 0.272 e. The number of para-hydroxylation sites is 1.